The molecule has 0 aliphatic carbocycles. The smallest absolute Gasteiger partial charge is 0.234 e. The van der Waals surface area contributed by atoms with E-state index in [9.17, 15) is 4.79 Å². The van der Waals surface area contributed by atoms with Gasteiger partial charge in [-0.1, -0.05) is 35.5 Å². The molecule has 7 nitrogen and oxygen atoms in total. The third-order valence-electron chi connectivity index (χ3n) is 4.40. The van der Waals surface area contributed by atoms with Gasteiger partial charge in [-0.2, -0.15) is 0 Å². The number of carbonyl (C=O) groups is 1. The van der Waals surface area contributed by atoms with Crippen molar-refractivity contribution in [2.24, 2.45) is 0 Å². The fourth-order valence-corrected chi connectivity index (χ4v) is 3.73. The van der Waals surface area contributed by atoms with Gasteiger partial charge < -0.3 is 14.8 Å². The van der Waals surface area contributed by atoms with Crippen molar-refractivity contribution in [1.82, 2.24) is 14.8 Å². The van der Waals surface area contributed by atoms with Crippen LogP contribution in [0.5, 0.6) is 17.2 Å². The van der Waals surface area contributed by atoms with E-state index >= 15 is 0 Å². The van der Waals surface area contributed by atoms with Crippen LogP contribution in [0, 0.1) is 0 Å². The van der Waals surface area contributed by atoms with Gasteiger partial charge in [-0.3, -0.25) is 9.36 Å². The number of carbonyl (C=O) groups excluding carboxylic acids is 1. The number of hydrogen-bond donors (Lipinski definition) is 1. The fourth-order valence-electron chi connectivity index (χ4n) is 2.83. The number of ether oxygens (including phenoxy) is 2. The second-order valence-corrected chi connectivity index (χ2v) is 7.92. The number of hydrogen-bond acceptors (Lipinski definition) is 6. The van der Waals surface area contributed by atoms with E-state index in [-0.39, 0.29) is 11.7 Å². The Labute approximate surface area is 194 Å². The zero-order valence-corrected chi connectivity index (χ0v) is 18.6. The Kier molecular flexibility index (Phi) is 6.94. The Hall–Kier alpha value is -3.49. The highest BCUT2D eigenvalue weighted by Gasteiger charge is 2.11. The molecule has 0 saturated carbocycles. The lowest BCUT2D eigenvalue weighted by Crippen LogP contribution is -2.14. The van der Waals surface area contributed by atoms with Crippen LogP contribution >= 0.6 is 23.4 Å². The van der Waals surface area contributed by atoms with Gasteiger partial charge in [-0.05, 0) is 60.7 Å². The van der Waals surface area contributed by atoms with Gasteiger partial charge in [0.25, 0.3) is 0 Å². The molecule has 3 aromatic carbocycles. The summed E-state index contributed by atoms with van der Waals surface area (Å²) in [7, 11) is 1.62. The summed E-state index contributed by atoms with van der Waals surface area (Å²) < 4.78 is 12.8. The van der Waals surface area contributed by atoms with Gasteiger partial charge in [0.05, 0.1) is 17.9 Å². The first kappa shape index (κ1) is 21.7. The minimum Gasteiger partial charge on any atom is -0.497 e. The van der Waals surface area contributed by atoms with Crippen molar-refractivity contribution in [3.05, 3.63) is 84.1 Å². The number of nitrogens with one attached hydrogen (secondary N) is 1. The summed E-state index contributed by atoms with van der Waals surface area (Å²) in [6, 6.07) is 21.8. The number of aromatic nitrogens is 3. The van der Waals surface area contributed by atoms with Crippen LogP contribution in [-0.2, 0) is 4.79 Å². The molecular weight excluding hydrogens is 448 g/mol. The quantitative estimate of drug-likeness (QED) is 0.348. The van der Waals surface area contributed by atoms with E-state index in [1.165, 1.54) is 11.8 Å². The van der Waals surface area contributed by atoms with E-state index in [1.54, 1.807) is 49.8 Å². The summed E-state index contributed by atoms with van der Waals surface area (Å²) >= 11 is 7.41. The lowest BCUT2D eigenvalue weighted by molar-refractivity contribution is -0.113. The number of methoxy groups -OCH3 is 1. The van der Waals surface area contributed by atoms with Gasteiger partial charge in [-0.15, -0.1) is 10.2 Å². The van der Waals surface area contributed by atoms with Crippen LogP contribution in [0.4, 0.5) is 5.69 Å². The van der Waals surface area contributed by atoms with E-state index in [1.807, 2.05) is 41.0 Å². The molecule has 0 bridgehead atoms. The highest BCUT2D eigenvalue weighted by Crippen LogP contribution is 2.29. The normalized spacial score (nSPS) is 10.6. The lowest BCUT2D eigenvalue weighted by Gasteiger charge is -2.09. The minimum absolute atomic E-state index is 0.154. The Morgan fingerprint density at radius 3 is 2.47 bits per heavy atom. The van der Waals surface area contributed by atoms with Crippen LogP contribution in [0.25, 0.3) is 5.69 Å². The number of halogens is 1. The maximum Gasteiger partial charge on any atom is 0.234 e. The molecule has 162 valence electrons. The first-order valence-corrected chi connectivity index (χ1v) is 11.0. The van der Waals surface area contributed by atoms with E-state index < -0.39 is 0 Å². The van der Waals surface area contributed by atoms with Crippen LogP contribution < -0.4 is 14.8 Å². The SMILES string of the molecule is COc1ccc(-n2cnnc2SCC(=O)Nc2ccc(Oc3ccccc3Cl)cc2)cc1. The first-order valence-electron chi connectivity index (χ1n) is 9.62. The van der Waals surface area contributed by atoms with Gasteiger partial charge in [0, 0.05) is 11.4 Å². The average Bonchev–Trinajstić information content (AvgIpc) is 3.29. The Bertz CT molecular complexity index is 1200. The lowest BCUT2D eigenvalue weighted by atomic mass is 10.3. The standard InChI is InChI=1S/C23H19ClN4O3S/c1-30-18-12-8-17(9-13-18)28-15-25-27-23(28)32-14-22(29)26-16-6-10-19(11-7-16)31-21-5-3-2-4-20(21)24/h2-13,15H,14H2,1H3,(H,26,29). The van der Waals surface area contributed by atoms with Crippen LogP contribution in [0.2, 0.25) is 5.02 Å². The molecule has 0 unspecified atom stereocenters. The number of thioether (sulfide) groups is 1. The van der Waals surface area contributed by atoms with Gasteiger partial charge in [-0.25, -0.2) is 0 Å². The summed E-state index contributed by atoms with van der Waals surface area (Å²) in [5.41, 5.74) is 1.55. The fraction of sp³-hybridized carbons (Fsp3) is 0.0870. The second-order valence-electron chi connectivity index (χ2n) is 6.58. The Balaban J connectivity index is 1.33. The molecule has 9 heteroatoms. The van der Waals surface area contributed by atoms with Crippen LogP contribution in [0.1, 0.15) is 0 Å². The zero-order chi connectivity index (χ0) is 22.3. The molecule has 1 amide bonds. The maximum absolute atomic E-state index is 12.4. The predicted molar refractivity (Wildman–Crippen MR) is 125 cm³/mol. The molecule has 4 rings (SSSR count). The highest BCUT2D eigenvalue weighted by molar-refractivity contribution is 7.99. The molecular formula is C23H19ClN4O3S. The molecule has 32 heavy (non-hydrogen) atoms. The van der Waals surface area contributed by atoms with Crippen molar-refractivity contribution in [2.45, 2.75) is 5.16 Å². The van der Waals surface area contributed by atoms with E-state index in [0.717, 1.165) is 11.4 Å². The summed E-state index contributed by atoms with van der Waals surface area (Å²) in [6.07, 6.45) is 1.61. The molecule has 0 fully saturated rings. The number of amides is 1. The molecule has 0 spiro atoms. The first-order chi connectivity index (χ1) is 15.6. The summed E-state index contributed by atoms with van der Waals surface area (Å²) in [5, 5.41) is 12.1. The van der Waals surface area contributed by atoms with Gasteiger partial charge in [0.15, 0.2) is 5.16 Å². The third-order valence-corrected chi connectivity index (χ3v) is 5.66. The Morgan fingerprint density at radius 2 is 1.75 bits per heavy atom. The molecule has 1 aromatic heterocycles. The van der Waals surface area contributed by atoms with Crippen molar-refractivity contribution in [3.8, 4) is 22.9 Å². The molecule has 0 aliphatic rings. The predicted octanol–water partition coefficient (Wildman–Crippen LogP) is 5.45. The molecule has 1 heterocycles. The second kappa shape index (κ2) is 10.2. The van der Waals surface area contributed by atoms with Crippen LogP contribution in [0.3, 0.4) is 0 Å². The molecule has 0 atom stereocenters. The zero-order valence-electron chi connectivity index (χ0n) is 17.1. The van der Waals surface area contributed by atoms with Crippen LogP contribution in [-0.4, -0.2) is 33.5 Å². The van der Waals surface area contributed by atoms with E-state index in [2.05, 4.69) is 15.5 Å². The van der Waals surface area contributed by atoms with E-state index in [0.29, 0.717) is 27.4 Å². The van der Waals surface area contributed by atoms with Crippen molar-refractivity contribution >= 4 is 35.0 Å². The summed E-state index contributed by atoms with van der Waals surface area (Å²) in [6.45, 7) is 0. The number of nitrogens with zero attached hydrogens (tertiary/aromatic N) is 3. The van der Waals surface area contributed by atoms with Crippen molar-refractivity contribution < 1.29 is 14.3 Å². The minimum atomic E-state index is -0.154. The number of anilines is 1. The summed E-state index contributed by atoms with van der Waals surface area (Å²) in [4.78, 5) is 12.4. The van der Waals surface area contributed by atoms with E-state index in [4.69, 9.17) is 21.1 Å². The molecule has 0 aliphatic heterocycles. The van der Waals surface area contributed by atoms with Crippen LogP contribution in [0.15, 0.2) is 84.3 Å². The molecule has 0 saturated heterocycles. The molecule has 1 N–H and O–H groups in total. The molecule has 4 aromatic rings. The van der Waals surface area contributed by atoms with Gasteiger partial charge in [0.2, 0.25) is 5.91 Å². The monoisotopic (exact) mass is 466 g/mol. The van der Waals surface area contributed by atoms with Gasteiger partial charge >= 0.3 is 0 Å². The van der Waals surface area contributed by atoms with Crippen molar-refractivity contribution in [3.63, 3.8) is 0 Å². The number of rotatable bonds is 8. The third kappa shape index (κ3) is 5.40. The largest absolute Gasteiger partial charge is 0.497 e. The highest BCUT2D eigenvalue weighted by atomic mass is 35.5. The summed E-state index contributed by atoms with van der Waals surface area (Å²) in [5.74, 6) is 1.99. The maximum atomic E-state index is 12.4. The Morgan fingerprint density at radius 1 is 1.03 bits per heavy atom. The van der Waals surface area contributed by atoms with Crippen molar-refractivity contribution in [1.29, 1.82) is 0 Å². The topological polar surface area (TPSA) is 78.3 Å². The van der Waals surface area contributed by atoms with Gasteiger partial charge in [0.1, 0.15) is 23.6 Å². The average molecular weight is 467 g/mol. The van der Waals surface area contributed by atoms with Crippen molar-refractivity contribution in [2.75, 3.05) is 18.2 Å². The number of benzene rings is 3. The number of para-hydroxylation sites is 1. The molecule has 0 radical (unpaired) electrons.